The molecule has 0 N–H and O–H groups in total. The minimum Gasteiger partial charge on any atom is -0.239 e. The first-order valence-electron chi connectivity index (χ1n) is 3.98. The van der Waals surface area contributed by atoms with Crippen molar-refractivity contribution in [1.82, 2.24) is 4.98 Å². The van der Waals surface area contributed by atoms with E-state index in [1.165, 1.54) is 11.3 Å². The van der Waals surface area contributed by atoms with Gasteiger partial charge in [-0.2, -0.15) is 0 Å². The van der Waals surface area contributed by atoms with Crippen molar-refractivity contribution in [1.29, 1.82) is 0 Å². The molecule has 3 heteroatoms. The van der Waals surface area contributed by atoms with Gasteiger partial charge in [-0.05, 0) is 0 Å². The van der Waals surface area contributed by atoms with Crippen molar-refractivity contribution < 1.29 is 5.11 Å². The smallest absolute Gasteiger partial charge is 0.125 e. The topological polar surface area (TPSA) is 32.8 Å². The molecule has 2 aromatic rings. The molecule has 1 heterocycles. The van der Waals surface area contributed by atoms with Crippen LogP contribution in [-0.2, 0) is 11.7 Å². The van der Waals surface area contributed by atoms with E-state index in [1.54, 1.807) is 0 Å². The van der Waals surface area contributed by atoms with Crippen LogP contribution in [0.15, 0.2) is 35.7 Å². The van der Waals surface area contributed by atoms with Gasteiger partial charge in [-0.1, -0.05) is 30.3 Å². The predicted molar refractivity (Wildman–Crippen MR) is 51.9 cm³/mol. The average molecular weight is 190 g/mol. The first-order valence-corrected chi connectivity index (χ1v) is 4.86. The van der Waals surface area contributed by atoms with Crippen LogP contribution in [0.5, 0.6) is 0 Å². The van der Waals surface area contributed by atoms with E-state index in [1.807, 2.05) is 35.7 Å². The molecule has 1 radical (unpaired) electrons. The average Bonchev–Trinajstić information content (AvgIpc) is 2.67. The molecule has 0 amide bonds. The van der Waals surface area contributed by atoms with Crippen molar-refractivity contribution in [2.45, 2.75) is 6.61 Å². The second-order valence-corrected chi connectivity index (χ2v) is 3.51. The molecule has 1 aromatic heterocycles. The number of nitrogens with zero attached hydrogens (tertiary/aromatic N) is 1. The zero-order chi connectivity index (χ0) is 9.10. The Bertz CT molecular complexity index is 383. The van der Waals surface area contributed by atoms with Gasteiger partial charge in [0.2, 0.25) is 0 Å². The van der Waals surface area contributed by atoms with Crippen LogP contribution in [0.2, 0.25) is 0 Å². The van der Waals surface area contributed by atoms with Crippen LogP contribution < -0.4 is 0 Å². The van der Waals surface area contributed by atoms with Crippen molar-refractivity contribution in [3.05, 3.63) is 41.4 Å². The van der Waals surface area contributed by atoms with Crippen molar-refractivity contribution >= 4 is 11.3 Å². The molecule has 0 bridgehead atoms. The van der Waals surface area contributed by atoms with Crippen LogP contribution >= 0.6 is 11.3 Å². The number of aromatic nitrogens is 1. The summed E-state index contributed by atoms with van der Waals surface area (Å²) in [6, 6.07) is 9.88. The maximum Gasteiger partial charge on any atom is 0.125 e. The van der Waals surface area contributed by atoms with Gasteiger partial charge < -0.3 is 0 Å². The number of thiazole rings is 1. The third-order valence-corrected chi connectivity index (χ3v) is 2.66. The van der Waals surface area contributed by atoms with Crippen molar-refractivity contribution in [2.24, 2.45) is 0 Å². The van der Waals surface area contributed by atoms with Crippen LogP contribution in [0.1, 0.15) is 5.69 Å². The van der Waals surface area contributed by atoms with Crippen molar-refractivity contribution in [2.75, 3.05) is 0 Å². The summed E-state index contributed by atoms with van der Waals surface area (Å²) in [7, 11) is 0. The molecule has 13 heavy (non-hydrogen) atoms. The largest absolute Gasteiger partial charge is 0.239 e. The summed E-state index contributed by atoms with van der Waals surface area (Å²) in [4.78, 5) is 4.20. The lowest BCUT2D eigenvalue weighted by Crippen LogP contribution is -1.80. The van der Waals surface area contributed by atoms with E-state index in [4.69, 9.17) is 0 Å². The Morgan fingerprint density at radius 3 is 2.62 bits per heavy atom. The lowest BCUT2D eigenvalue weighted by atomic mass is 10.2. The summed E-state index contributed by atoms with van der Waals surface area (Å²) >= 11 is 1.52. The molecule has 0 spiro atoms. The fraction of sp³-hybridized carbons (Fsp3) is 0.100. The molecule has 65 valence electrons. The third-order valence-electron chi connectivity index (χ3n) is 1.72. The zero-order valence-corrected chi connectivity index (χ0v) is 7.75. The Morgan fingerprint density at radius 1 is 1.23 bits per heavy atom. The monoisotopic (exact) mass is 190 g/mol. The molecule has 0 atom stereocenters. The van der Waals surface area contributed by atoms with Gasteiger partial charge in [0.15, 0.2) is 0 Å². The van der Waals surface area contributed by atoms with Gasteiger partial charge in [-0.25, -0.2) is 10.1 Å². The first-order chi connectivity index (χ1) is 6.40. The number of hydrogen-bond donors (Lipinski definition) is 0. The van der Waals surface area contributed by atoms with E-state index in [9.17, 15) is 5.11 Å². The SMILES string of the molecule is [O]Cc1csc(-c2ccccc2)n1. The summed E-state index contributed by atoms with van der Waals surface area (Å²) < 4.78 is 0. The standard InChI is InChI=1S/C10H8NOS/c12-6-9-7-13-10(11-9)8-4-2-1-3-5-8/h1-5,7H,6H2. The van der Waals surface area contributed by atoms with Gasteiger partial charge in [0.1, 0.15) is 11.6 Å². The van der Waals surface area contributed by atoms with E-state index in [-0.39, 0.29) is 6.61 Å². The Labute approximate surface area is 80.5 Å². The van der Waals surface area contributed by atoms with Crippen LogP contribution in [0.3, 0.4) is 0 Å². The molecular formula is C10H8NOS. The normalized spacial score (nSPS) is 10.2. The second kappa shape index (κ2) is 3.68. The zero-order valence-electron chi connectivity index (χ0n) is 6.93. The Kier molecular flexibility index (Phi) is 2.38. The highest BCUT2D eigenvalue weighted by molar-refractivity contribution is 7.13. The van der Waals surface area contributed by atoms with Gasteiger partial charge in [0, 0.05) is 10.9 Å². The van der Waals surface area contributed by atoms with Crippen LogP contribution in [-0.4, -0.2) is 4.98 Å². The molecule has 0 aliphatic heterocycles. The molecule has 2 nitrogen and oxygen atoms in total. The summed E-state index contributed by atoms with van der Waals surface area (Å²) in [5.74, 6) is 0. The molecule has 0 aliphatic carbocycles. The minimum atomic E-state index is -0.233. The minimum absolute atomic E-state index is 0.233. The van der Waals surface area contributed by atoms with Crippen LogP contribution in [0.25, 0.3) is 10.6 Å². The number of rotatable bonds is 2. The molecular weight excluding hydrogens is 182 g/mol. The van der Waals surface area contributed by atoms with Gasteiger partial charge in [-0.3, -0.25) is 0 Å². The summed E-state index contributed by atoms with van der Waals surface area (Å²) in [5, 5.41) is 13.3. The van der Waals surface area contributed by atoms with E-state index >= 15 is 0 Å². The first kappa shape index (κ1) is 8.41. The molecule has 0 aliphatic rings. The van der Waals surface area contributed by atoms with E-state index in [0.717, 1.165) is 10.6 Å². The van der Waals surface area contributed by atoms with Crippen LogP contribution in [0.4, 0.5) is 0 Å². The van der Waals surface area contributed by atoms with Crippen LogP contribution in [0, 0.1) is 0 Å². The van der Waals surface area contributed by atoms with Gasteiger partial charge >= 0.3 is 0 Å². The quantitative estimate of drug-likeness (QED) is 0.716. The highest BCUT2D eigenvalue weighted by atomic mass is 32.1. The van der Waals surface area contributed by atoms with Crippen molar-refractivity contribution in [3.8, 4) is 10.6 Å². The molecule has 1 aromatic carbocycles. The summed E-state index contributed by atoms with van der Waals surface area (Å²) in [5.41, 5.74) is 1.70. The Balaban J connectivity index is 2.36. The van der Waals surface area contributed by atoms with Gasteiger partial charge in [0.05, 0.1) is 5.69 Å². The lowest BCUT2D eigenvalue weighted by molar-refractivity contribution is 0.174. The van der Waals surface area contributed by atoms with E-state index < -0.39 is 0 Å². The number of benzene rings is 1. The fourth-order valence-electron chi connectivity index (χ4n) is 1.09. The molecule has 0 fully saturated rings. The van der Waals surface area contributed by atoms with E-state index in [0.29, 0.717) is 5.69 Å². The van der Waals surface area contributed by atoms with Gasteiger partial charge in [-0.15, -0.1) is 11.3 Å². The summed E-state index contributed by atoms with van der Waals surface area (Å²) in [6.45, 7) is -0.233. The fourth-order valence-corrected chi connectivity index (χ4v) is 1.90. The predicted octanol–water partition coefficient (Wildman–Crippen LogP) is 2.74. The number of hydrogen-bond acceptors (Lipinski definition) is 2. The highest BCUT2D eigenvalue weighted by Gasteiger charge is 2.02. The van der Waals surface area contributed by atoms with Crippen molar-refractivity contribution in [3.63, 3.8) is 0 Å². The Hall–Kier alpha value is -1.19. The van der Waals surface area contributed by atoms with E-state index in [2.05, 4.69) is 4.98 Å². The third kappa shape index (κ3) is 1.76. The summed E-state index contributed by atoms with van der Waals surface area (Å²) in [6.07, 6.45) is 0. The van der Waals surface area contributed by atoms with Gasteiger partial charge in [0.25, 0.3) is 0 Å². The maximum atomic E-state index is 10.5. The molecule has 0 saturated heterocycles. The maximum absolute atomic E-state index is 10.5. The Morgan fingerprint density at radius 2 is 2.00 bits per heavy atom. The molecule has 0 unspecified atom stereocenters. The highest BCUT2D eigenvalue weighted by Crippen LogP contribution is 2.22. The molecule has 2 rings (SSSR count). The second-order valence-electron chi connectivity index (χ2n) is 2.65. The molecule has 0 saturated carbocycles. The lowest BCUT2D eigenvalue weighted by Gasteiger charge is -1.92.